The lowest BCUT2D eigenvalue weighted by Crippen LogP contribution is -2.10. The summed E-state index contributed by atoms with van der Waals surface area (Å²) < 4.78 is 2.14. The summed E-state index contributed by atoms with van der Waals surface area (Å²) >= 11 is 0. The van der Waals surface area contributed by atoms with Crippen LogP contribution in [0.5, 0.6) is 0 Å². The minimum absolute atomic E-state index is 0.897. The fraction of sp³-hybridized carbons (Fsp3) is 0.357. The molecular formula is C14H19N3. The number of aromatic nitrogens is 2. The number of aryl methyl sites for hydroxylation is 1. The number of hydrogen-bond acceptors (Lipinski definition) is 2. The van der Waals surface area contributed by atoms with Gasteiger partial charge in [0.25, 0.3) is 0 Å². The van der Waals surface area contributed by atoms with E-state index in [1.54, 1.807) is 0 Å². The molecule has 17 heavy (non-hydrogen) atoms. The Hall–Kier alpha value is -1.61. The van der Waals surface area contributed by atoms with Crippen molar-refractivity contribution < 1.29 is 0 Å². The van der Waals surface area contributed by atoms with Crippen LogP contribution in [0.4, 0.5) is 0 Å². The van der Waals surface area contributed by atoms with Crippen molar-refractivity contribution in [2.24, 2.45) is 0 Å². The standard InChI is InChI=1S/C14H19N3/c1-12-4-3-5-13(8-12)9-17-10-14(16-11-17)6-7-15-2/h3-5,8,10-11,15H,6-7,9H2,1-2H3. The summed E-state index contributed by atoms with van der Waals surface area (Å²) in [6.45, 7) is 3.99. The van der Waals surface area contributed by atoms with E-state index in [1.807, 2.05) is 13.4 Å². The van der Waals surface area contributed by atoms with Gasteiger partial charge in [0.1, 0.15) is 0 Å². The molecule has 0 atom stereocenters. The highest BCUT2D eigenvalue weighted by Gasteiger charge is 1.99. The molecule has 3 nitrogen and oxygen atoms in total. The van der Waals surface area contributed by atoms with Gasteiger partial charge in [0, 0.05) is 25.7 Å². The van der Waals surface area contributed by atoms with Gasteiger partial charge in [0.2, 0.25) is 0 Å². The first-order chi connectivity index (χ1) is 8.28. The predicted molar refractivity (Wildman–Crippen MR) is 70.1 cm³/mol. The van der Waals surface area contributed by atoms with Gasteiger partial charge in [-0.3, -0.25) is 0 Å². The molecule has 3 heteroatoms. The van der Waals surface area contributed by atoms with Gasteiger partial charge in [-0.1, -0.05) is 29.8 Å². The quantitative estimate of drug-likeness (QED) is 0.850. The van der Waals surface area contributed by atoms with Crippen molar-refractivity contribution in [3.05, 3.63) is 53.6 Å². The second-order valence-electron chi connectivity index (χ2n) is 4.38. The van der Waals surface area contributed by atoms with Crippen LogP contribution in [0, 0.1) is 6.92 Å². The molecule has 0 bridgehead atoms. The van der Waals surface area contributed by atoms with Gasteiger partial charge in [0.15, 0.2) is 0 Å². The Bertz CT molecular complexity index is 474. The summed E-state index contributed by atoms with van der Waals surface area (Å²) in [6, 6.07) is 8.59. The Labute approximate surface area is 103 Å². The van der Waals surface area contributed by atoms with E-state index in [2.05, 4.69) is 52.3 Å². The van der Waals surface area contributed by atoms with E-state index in [4.69, 9.17) is 0 Å². The van der Waals surface area contributed by atoms with Crippen LogP contribution >= 0.6 is 0 Å². The van der Waals surface area contributed by atoms with Crippen molar-refractivity contribution in [3.8, 4) is 0 Å². The largest absolute Gasteiger partial charge is 0.333 e. The molecule has 0 aliphatic rings. The SMILES string of the molecule is CNCCc1cn(Cc2cccc(C)c2)cn1. The maximum atomic E-state index is 4.40. The zero-order valence-electron chi connectivity index (χ0n) is 10.5. The number of rotatable bonds is 5. The van der Waals surface area contributed by atoms with Crippen molar-refractivity contribution in [1.82, 2.24) is 14.9 Å². The fourth-order valence-electron chi connectivity index (χ4n) is 1.90. The molecule has 1 aromatic carbocycles. The van der Waals surface area contributed by atoms with E-state index in [9.17, 15) is 0 Å². The number of nitrogens with zero attached hydrogens (tertiary/aromatic N) is 2. The van der Waals surface area contributed by atoms with E-state index < -0.39 is 0 Å². The third-order valence-electron chi connectivity index (χ3n) is 2.77. The Kier molecular flexibility index (Phi) is 3.94. The van der Waals surface area contributed by atoms with Crippen LogP contribution in [0.1, 0.15) is 16.8 Å². The molecule has 0 unspecified atom stereocenters. The fourth-order valence-corrected chi connectivity index (χ4v) is 1.90. The van der Waals surface area contributed by atoms with Gasteiger partial charge in [-0.2, -0.15) is 0 Å². The maximum absolute atomic E-state index is 4.40. The van der Waals surface area contributed by atoms with E-state index in [0.717, 1.165) is 25.2 Å². The molecule has 0 fully saturated rings. The number of benzene rings is 1. The molecule has 0 aliphatic heterocycles. The zero-order valence-corrected chi connectivity index (χ0v) is 10.5. The molecule has 1 N–H and O–H groups in total. The van der Waals surface area contributed by atoms with Crippen LogP contribution in [-0.2, 0) is 13.0 Å². The maximum Gasteiger partial charge on any atom is 0.0952 e. The molecule has 2 aromatic rings. The Balaban J connectivity index is 2.01. The third kappa shape index (κ3) is 3.43. The molecule has 90 valence electrons. The highest BCUT2D eigenvalue weighted by molar-refractivity contribution is 5.22. The average molecular weight is 229 g/mol. The predicted octanol–water partition coefficient (Wildman–Crippen LogP) is 2.00. The normalized spacial score (nSPS) is 10.7. The summed E-state index contributed by atoms with van der Waals surface area (Å²) in [4.78, 5) is 4.40. The van der Waals surface area contributed by atoms with Crippen LogP contribution in [0.2, 0.25) is 0 Å². The number of imidazole rings is 1. The van der Waals surface area contributed by atoms with Crippen molar-refractivity contribution in [3.63, 3.8) is 0 Å². The molecule has 0 amide bonds. The minimum Gasteiger partial charge on any atom is -0.333 e. The van der Waals surface area contributed by atoms with Crippen molar-refractivity contribution in [2.75, 3.05) is 13.6 Å². The van der Waals surface area contributed by atoms with Gasteiger partial charge in [-0.25, -0.2) is 4.98 Å². The molecule has 1 heterocycles. The smallest absolute Gasteiger partial charge is 0.0952 e. The lowest BCUT2D eigenvalue weighted by Gasteiger charge is -2.03. The van der Waals surface area contributed by atoms with Crippen LogP contribution in [0.3, 0.4) is 0 Å². The number of nitrogens with one attached hydrogen (secondary N) is 1. The van der Waals surface area contributed by atoms with Crippen molar-refractivity contribution >= 4 is 0 Å². The molecule has 0 spiro atoms. The molecule has 0 saturated carbocycles. The molecule has 1 aromatic heterocycles. The molecular weight excluding hydrogens is 210 g/mol. The monoisotopic (exact) mass is 229 g/mol. The van der Waals surface area contributed by atoms with Gasteiger partial charge < -0.3 is 9.88 Å². The second kappa shape index (κ2) is 5.64. The third-order valence-corrected chi connectivity index (χ3v) is 2.77. The molecule has 0 saturated heterocycles. The van der Waals surface area contributed by atoms with E-state index in [1.165, 1.54) is 11.1 Å². The Morgan fingerprint density at radius 3 is 3.00 bits per heavy atom. The molecule has 2 rings (SSSR count). The van der Waals surface area contributed by atoms with E-state index >= 15 is 0 Å². The minimum atomic E-state index is 0.897. The first-order valence-electron chi connectivity index (χ1n) is 5.99. The lowest BCUT2D eigenvalue weighted by atomic mass is 10.1. The summed E-state index contributed by atoms with van der Waals surface area (Å²) in [6.07, 6.45) is 5.02. The van der Waals surface area contributed by atoms with Gasteiger partial charge in [-0.15, -0.1) is 0 Å². The van der Waals surface area contributed by atoms with Crippen LogP contribution in [0.15, 0.2) is 36.8 Å². The zero-order chi connectivity index (χ0) is 12.1. The Morgan fingerprint density at radius 1 is 1.35 bits per heavy atom. The van der Waals surface area contributed by atoms with E-state index in [0.29, 0.717) is 0 Å². The second-order valence-corrected chi connectivity index (χ2v) is 4.38. The van der Waals surface area contributed by atoms with Crippen LogP contribution < -0.4 is 5.32 Å². The van der Waals surface area contributed by atoms with Crippen LogP contribution in [0.25, 0.3) is 0 Å². The lowest BCUT2D eigenvalue weighted by molar-refractivity contribution is 0.773. The van der Waals surface area contributed by atoms with Crippen molar-refractivity contribution in [2.45, 2.75) is 19.9 Å². The topological polar surface area (TPSA) is 29.9 Å². The first-order valence-corrected chi connectivity index (χ1v) is 5.99. The first kappa shape index (κ1) is 11.9. The summed E-state index contributed by atoms with van der Waals surface area (Å²) in [7, 11) is 1.96. The number of likely N-dealkylation sites (N-methyl/N-ethyl adjacent to an activating group) is 1. The summed E-state index contributed by atoms with van der Waals surface area (Å²) in [5, 5.41) is 3.13. The number of hydrogen-bond donors (Lipinski definition) is 1. The highest BCUT2D eigenvalue weighted by Crippen LogP contribution is 2.07. The van der Waals surface area contributed by atoms with Crippen molar-refractivity contribution in [1.29, 1.82) is 0 Å². The van der Waals surface area contributed by atoms with E-state index in [-0.39, 0.29) is 0 Å². The summed E-state index contributed by atoms with van der Waals surface area (Å²) in [5.41, 5.74) is 3.77. The van der Waals surface area contributed by atoms with Gasteiger partial charge in [0.05, 0.1) is 12.0 Å². The van der Waals surface area contributed by atoms with Crippen LogP contribution in [-0.4, -0.2) is 23.1 Å². The average Bonchev–Trinajstić information content (AvgIpc) is 2.74. The molecule has 0 radical (unpaired) electrons. The summed E-state index contributed by atoms with van der Waals surface area (Å²) in [5.74, 6) is 0. The highest BCUT2D eigenvalue weighted by atomic mass is 15.0. The van der Waals surface area contributed by atoms with Gasteiger partial charge >= 0.3 is 0 Å². The molecule has 0 aliphatic carbocycles. The van der Waals surface area contributed by atoms with Gasteiger partial charge in [-0.05, 0) is 19.5 Å². The Morgan fingerprint density at radius 2 is 2.24 bits per heavy atom.